The number of rotatable bonds is 3. The van der Waals surface area contributed by atoms with E-state index in [0.717, 1.165) is 5.69 Å². The van der Waals surface area contributed by atoms with E-state index < -0.39 is 0 Å². The van der Waals surface area contributed by atoms with Crippen molar-refractivity contribution in [2.75, 3.05) is 0 Å². The summed E-state index contributed by atoms with van der Waals surface area (Å²) >= 11 is 5.80. The molecule has 3 aromatic rings. The molecule has 1 N–H and O–H groups in total. The number of fused-ring (bicyclic) bond motifs is 1. The molecule has 0 spiro atoms. The number of nitrogens with zero attached hydrogens (tertiary/aromatic N) is 4. The number of pyridine rings is 1. The van der Waals surface area contributed by atoms with E-state index in [9.17, 15) is 4.79 Å². The van der Waals surface area contributed by atoms with Crippen molar-refractivity contribution in [1.29, 1.82) is 0 Å². The van der Waals surface area contributed by atoms with Crippen molar-refractivity contribution < 1.29 is 4.79 Å². The number of hydrogen-bond acceptors (Lipinski definition) is 4. The summed E-state index contributed by atoms with van der Waals surface area (Å²) in [5.41, 5.74) is 1.64. The Labute approximate surface area is 125 Å². The van der Waals surface area contributed by atoms with Gasteiger partial charge in [0.1, 0.15) is 10.8 Å². The molecule has 0 unspecified atom stereocenters. The fraction of sp³-hybridized carbons (Fsp3) is 0.143. The first-order chi connectivity index (χ1) is 10.1. The number of halogens is 1. The van der Waals surface area contributed by atoms with E-state index in [4.69, 9.17) is 11.6 Å². The Bertz CT molecular complexity index is 786. The standard InChI is InChI=1S/C14H12ClN5O/c1-9(10-4-2-3-7-16-10)17-14(21)11-8-20-13(18-11)6-5-12(15)19-20/h2-9H,1H3,(H,17,21)/t9-/m1/s1. The average molecular weight is 302 g/mol. The largest absolute Gasteiger partial charge is 0.343 e. The quantitative estimate of drug-likeness (QED) is 0.805. The summed E-state index contributed by atoms with van der Waals surface area (Å²) in [5.74, 6) is -0.283. The zero-order chi connectivity index (χ0) is 14.8. The van der Waals surface area contributed by atoms with Crippen molar-refractivity contribution in [3.05, 3.63) is 59.3 Å². The van der Waals surface area contributed by atoms with Crippen LogP contribution in [0.5, 0.6) is 0 Å². The van der Waals surface area contributed by atoms with Gasteiger partial charge in [0.2, 0.25) is 0 Å². The topological polar surface area (TPSA) is 72.2 Å². The highest BCUT2D eigenvalue weighted by molar-refractivity contribution is 6.29. The number of amides is 1. The molecule has 1 amide bonds. The van der Waals surface area contributed by atoms with Gasteiger partial charge in [-0.05, 0) is 31.2 Å². The minimum absolute atomic E-state index is 0.208. The van der Waals surface area contributed by atoms with Gasteiger partial charge < -0.3 is 5.32 Å². The van der Waals surface area contributed by atoms with Gasteiger partial charge in [-0.3, -0.25) is 9.78 Å². The molecule has 6 nitrogen and oxygen atoms in total. The molecule has 21 heavy (non-hydrogen) atoms. The third-order valence-corrected chi connectivity index (χ3v) is 3.20. The predicted octanol–water partition coefficient (Wildman–Crippen LogP) is 2.27. The summed E-state index contributed by atoms with van der Waals surface area (Å²) in [6.45, 7) is 1.87. The van der Waals surface area contributed by atoms with Crippen molar-refractivity contribution in [2.45, 2.75) is 13.0 Å². The minimum atomic E-state index is -0.283. The van der Waals surface area contributed by atoms with E-state index in [0.29, 0.717) is 10.8 Å². The van der Waals surface area contributed by atoms with Gasteiger partial charge in [-0.15, -0.1) is 0 Å². The van der Waals surface area contributed by atoms with Gasteiger partial charge in [0.25, 0.3) is 5.91 Å². The first-order valence-corrected chi connectivity index (χ1v) is 6.75. The first kappa shape index (κ1) is 13.5. The van der Waals surface area contributed by atoms with Gasteiger partial charge in [0.05, 0.1) is 17.9 Å². The molecule has 0 saturated carbocycles. The molecule has 0 aliphatic carbocycles. The van der Waals surface area contributed by atoms with Crippen LogP contribution in [0, 0.1) is 0 Å². The highest BCUT2D eigenvalue weighted by atomic mass is 35.5. The van der Waals surface area contributed by atoms with Crippen LogP contribution in [0.2, 0.25) is 5.15 Å². The van der Waals surface area contributed by atoms with Crippen LogP contribution >= 0.6 is 11.6 Å². The number of carbonyl (C=O) groups is 1. The number of hydrogen-bond donors (Lipinski definition) is 1. The van der Waals surface area contributed by atoms with Crippen LogP contribution in [0.15, 0.2) is 42.7 Å². The van der Waals surface area contributed by atoms with E-state index in [1.165, 1.54) is 4.52 Å². The predicted molar refractivity (Wildman–Crippen MR) is 78.1 cm³/mol. The Morgan fingerprint density at radius 1 is 1.33 bits per heavy atom. The van der Waals surface area contributed by atoms with E-state index in [1.807, 2.05) is 25.1 Å². The van der Waals surface area contributed by atoms with Gasteiger partial charge in [0.15, 0.2) is 5.65 Å². The lowest BCUT2D eigenvalue weighted by atomic mass is 10.2. The zero-order valence-electron chi connectivity index (χ0n) is 11.2. The van der Waals surface area contributed by atoms with Crippen LogP contribution < -0.4 is 5.32 Å². The van der Waals surface area contributed by atoms with E-state index in [-0.39, 0.29) is 17.6 Å². The molecule has 0 aliphatic rings. The lowest BCUT2D eigenvalue weighted by Gasteiger charge is -2.11. The lowest BCUT2D eigenvalue weighted by molar-refractivity contribution is 0.0934. The maximum absolute atomic E-state index is 12.2. The average Bonchev–Trinajstić information content (AvgIpc) is 2.91. The van der Waals surface area contributed by atoms with E-state index in [2.05, 4.69) is 20.4 Å². The maximum Gasteiger partial charge on any atom is 0.272 e. The minimum Gasteiger partial charge on any atom is -0.343 e. The highest BCUT2D eigenvalue weighted by Crippen LogP contribution is 2.11. The second-order valence-corrected chi connectivity index (χ2v) is 4.92. The van der Waals surface area contributed by atoms with Crippen LogP contribution in [0.4, 0.5) is 0 Å². The summed E-state index contributed by atoms with van der Waals surface area (Å²) in [7, 11) is 0. The number of nitrogens with one attached hydrogen (secondary N) is 1. The normalized spacial score (nSPS) is 12.3. The Morgan fingerprint density at radius 3 is 2.95 bits per heavy atom. The number of aromatic nitrogens is 4. The molecule has 0 saturated heterocycles. The SMILES string of the molecule is C[C@@H](NC(=O)c1cn2nc(Cl)ccc2n1)c1ccccn1. The summed E-state index contributed by atoms with van der Waals surface area (Å²) < 4.78 is 1.47. The van der Waals surface area contributed by atoms with Crippen LogP contribution in [0.1, 0.15) is 29.1 Å². The summed E-state index contributed by atoms with van der Waals surface area (Å²) in [5, 5.41) is 7.23. The molecule has 1 atom stereocenters. The van der Waals surface area contributed by atoms with Crippen molar-refractivity contribution in [3.63, 3.8) is 0 Å². The third kappa shape index (κ3) is 2.85. The molecule has 106 valence electrons. The molecule has 0 radical (unpaired) electrons. The molecule has 0 aromatic carbocycles. The second kappa shape index (κ2) is 5.49. The van der Waals surface area contributed by atoms with Crippen LogP contribution in [0.3, 0.4) is 0 Å². The zero-order valence-corrected chi connectivity index (χ0v) is 11.9. The maximum atomic E-state index is 12.2. The number of imidazole rings is 1. The smallest absolute Gasteiger partial charge is 0.272 e. The molecule has 3 heterocycles. The fourth-order valence-electron chi connectivity index (χ4n) is 1.94. The molecular formula is C14H12ClN5O. The summed E-state index contributed by atoms with van der Waals surface area (Å²) in [6.07, 6.45) is 3.23. The van der Waals surface area contributed by atoms with Crippen LogP contribution in [0.25, 0.3) is 5.65 Å². The monoisotopic (exact) mass is 301 g/mol. The Kier molecular flexibility index (Phi) is 3.53. The second-order valence-electron chi connectivity index (χ2n) is 4.53. The van der Waals surface area contributed by atoms with Gasteiger partial charge in [-0.2, -0.15) is 5.10 Å². The van der Waals surface area contributed by atoms with Gasteiger partial charge in [-0.25, -0.2) is 9.50 Å². The molecular weight excluding hydrogens is 290 g/mol. The van der Waals surface area contributed by atoms with Crippen molar-refractivity contribution in [3.8, 4) is 0 Å². The first-order valence-electron chi connectivity index (χ1n) is 6.37. The van der Waals surface area contributed by atoms with Gasteiger partial charge >= 0.3 is 0 Å². The van der Waals surface area contributed by atoms with E-state index >= 15 is 0 Å². The Balaban J connectivity index is 1.80. The Hall–Kier alpha value is -2.47. The van der Waals surface area contributed by atoms with Gasteiger partial charge in [0, 0.05) is 6.20 Å². The highest BCUT2D eigenvalue weighted by Gasteiger charge is 2.15. The lowest BCUT2D eigenvalue weighted by Crippen LogP contribution is -2.27. The van der Waals surface area contributed by atoms with Crippen molar-refractivity contribution in [2.24, 2.45) is 0 Å². The fourth-order valence-corrected chi connectivity index (χ4v) is 2.09. The summed E-state index contributed by atoms with van der Waals surface area (Å²) in [4.78, 5) is 20.6. The van der Waals surface area contributed by atoms with Crippen LogP contribution in [-0.2, 0) is 0 Å². The molecule has 0 aliphatic heterocycles. The van der Waals surface area contributed by atoms with Gasteiger partial charge in [-0.1, -0.05) is 17.7 Å². The summed E-state index contributed by atoms with van der Waals surface area (Å²) in [6, 6.07) is 8.68. The van der Waals surface area contributed by atoms with E-state index in [1.54, 1.807) is 24.5 Å². The molecule has 3 aromatic heterocycles. The molecule has 7 heteroatoms. The molecule has 0 fully saturated rings. The van der Waals surface area contributed by atoms with Crippen LogP contribution in [-0.4, -0.2) is 25.5 Å². The van der Waals surface area contributed by atoms with Crippen molar-refractivity contribution in [1.82, 2.24) is 24.9 Å². The number of carbonyl (C=O) groups excluding carboxylic acids is 1. The third-order valence-electron chi connectivity index (χ3n) is 3.00. The van der Waals surface area contributed by atoms with Crippen molar-refractivity contribution >= 4 is 23.2 Å². The molecule has 0 bridgehead atoms. The Morgan fingerprint density at radius 2 is 2.19 bits per heavy atom. The molecule has 3 rings (SSSR count).